The summed E-state index contributed by atoms with van der Waals surface area (Å²) >= 11 is 0. The Morgan fingerprint density at radius 1 is 1.08 bits per heavy atom. The van der Waals surface area contributed by atoms with Gasteiger partial charge in [-0.15, -0.1) is 0 Å². The molecular weight excluding hydrogens is 314 g/mol. The number of benzene rings is 1. The Morgan fingerprint density at radius 2 is 1.92 bits per heavy atom. The lowest BCUT2D eigenvalue weighted by Gasteiger charge is -2.39. The molecule has 124 valence electrons. The summed E-state index contributed by atoms with van der Waals surface area (Å²) < 4.78 is 0. The molecule has 0 saturated carbocycles. The summed E-state index contributed by atoms with van der Waals surface area (Å²) in [7, 11) is 0. The first kappa shape index (κ1) is 15.3. The van der Waals surface area contributed by atoms with Gasteiger partial charge in [0.25, 0.3) is 0 Å². The van der Waals surface area contributed by atoms with Gasteiger partial charge in [0.1, 0.15) is 12.1 Å². The van der Waals surface area contributed by atoms with Crippen LogP contribution in [-0.2, 0) is 4.79 Å². The summed E-state index contributed by atoms with van der Waals surface area (Å²) in [5, 5.41) is 2.89. The van der Waals surface area contributed by atoms with E-state index in [0.29, 0.717) is 13.1 Å². The van der Waals surface area contributed by atoms with Crippen LogP contribution in [0.5, 0.6) is 0 Å². The van der Waals surface area contributed by atoms with Gasteiger partial charge in [0.05, 0.1) is 23.5 Å². The molecule has 0 unspecified atom stereocenters. The number of carbonyl (C=O) groups excluding carboxylic acids is 1. The molecule has 0 bridgehead atoms. The highest BCUT2D eigenvalue weighted by atomic mass is 16.2. The van der Waals surface area contributed by atoms with Crippen molar-refractivity contribution in [1.29, 1.82) is 0 Å². The van der Waals surface area contributed by atoms with Crippen molar-refractivity contribution in [2.45, 2.75) is 0 Å². The minimum Gasteiger partial charge on any atom is -0.355 e. The third-order valence-corrected chi connectivity index (χ3v) is 4.23. The molecule has 1 fully saturated rings. The van der Waals surface area contributed by atoms with Crippen molar-refractivity contribution in [1.82, 2.24) is 15.0 Å². The maximum atomic E-state index is 12.3. The normalized spacial score (nSPS) is 14.0. The minimum absolute atomic E-state index is 0.0154. The van der Waals surface area contributed by atoms with Crippen LogP contribution >= 0.6 is 0 Å². The van der Waals surface area contributed by atoms with Crippen molar-refractivity contribution in [3.05, 3.63) is 67.3 Å². The van der Waals surface area contributed by atoms with Gasteiger partial charge >= 0.3 is 0 Å². The van der Waals surface area contributed by atoms with E-state index in [1.165, 1.54) is 0 Å². The van der Waals surface area contributed by atoms with Gasteiger partial charge in [-0.1, -0.05) is 30.3 Å². The van der Waals surface area contributed by atoms with Crippen molar-refractivity contribution in [3.8, 4) is 11.3 Å². The Balaban J connectivity index is 1.40. The van der Waals surface area contributed by atoms with Crippen LogP contribution in [0, 0.1) is 5.92 Å². The van der Waals surface area contributed by atoms with Gasteiger partial charge in [-0.25, -0.2) is 9.97 Å². The predicted octanol–water partition coefficient (Wildman–Crippen LogP) is 2.61. The molecule has 1 aliphatic heterocycles. The van der Waals surface area contributed by atoms with E-state index in [4.69, 9.17) is 0 Å². The number of nitrogens with one attached hydrogen (secondary N) is 1. The number of anilines is 2. The molecule has 1 saturated heterocycles. The van der Waals surface area contributed by atoms with E-state index in [1.54, 1.807) is 24.8 Å². The number of carbonyl (C=O) groups is 1. The number of nitrogens with zero attached hydrogens (tertiary/aromatic N) is 4. The van der Waals surface area contributed by atoms with Crippen molar-refractivity contribution in [2.24, 2.45) is 5.92 Å². The van der Waals surface area contributed by atoms with E-state index in [-0.39, 0.29) is 11.8 Å². The SMILES string of the molecule is O=C(Nc1cccnc1)C1CN(c2cc(-c3ccccc3)ncn2)C1. The fourth-order valence-corrected chi connectivity index (χ4v) is 2.80. The summed E-state index contributed by atoms with van der Waals surface area (Å²) in [6.45, 7) is 1.30. The minimum atomic E-state index is -0.0460. The summed E-state index contributed by atoms with van der Waals surface area (Å²) in [6, 6.07) is 15.6. The molecule has 0 atom stereocenters. The zero-order valence-corrected chi connectivity index (χ0v) is 13.5. The van der Waals surface area contributed by atoms with E-state index in [1.807, 2.05) is 42.5 Å². The lowest BCUT2D eigenvalue weighted by atomic mass is 9.99. The first-order valence-electron chi connectivity index (χ1n) is 8.13. The zero-order valence-electron chi connectivity index (χ0n) is 13.5. The van der Waals surface area contributed by atoms with Crippen molar-refractivity contribution in [2.75, 3.05) is 23.3 Å². The molecule has 25 heavy (non-hydrogen) atoms. The van der Waals surface area contributed by atoms with Crippen LogP contribution in [0.25, 0.3) is 11.3 Å². The van der Waals surface area contributed by atoms with Gasteiger partial charge in [0.15, 0.2) is 0 Å². The third-order valence-electron chi connectivity index (χ3n) is 4.23. The first-order valence-corrected chi connectivity index (χ1v) is 8.13. The second kappa shape index (κ2) is 6.68. The van der Waals surface area contributed by atoms with Crippen molar-refractivity contribution >= 4 is 17.4 Å². The first-order chi connectivity index (χ1) is 12.3. The van der Waals surface area contributed by atoms with Crippen LogP contribution in [0.1, 0.15) is 0 Å². The molecule has 6 nitrogen and oxygen atoms in total. The van der Waals surface area contributed by atoms with Gasteiger partial charge in [0, 0.05) is 30.9 Å². The van der Waals surface area contributed by atoms with Crippen LogP contribution in [0.4, 0.5) is 11.5 Å². The lowest BCUT2D eigenvalue weighted by Crippen LogP contribution is -2.52. The molecule has 1 aliphatic rings. The van der Waals surface area contributed by atoms with Crippen LogP contribution in [0.15, 0.2) is 67.3 Å². The Hall–Kier alpha value is -3.28. The fraction of sp³-hybridized carbons (Fsp3) is 0.158. The van der Waals surface area contributed by atoms with Gasteiger partial charge in [-0.2, -0.15) is 0 Å². The van der Waals surface area contributed by atoms with E-state index in [2.05, 4.69) is 25.2 Å². The van der Waals surface area contributed by atoms with E-state index in [9.17, 15) is 4.79 Å². The average molecular weight is 331 g/mol. The molecular formula is C19H17N5O. The molecule has 4 rings (SSSR count). The molecule has 1 N–H and O–H groups in total. The Kier molecular flexibility index (Phi) is 4.08. The van der Waals surface area contributed by atoms with Gasteiger partial charge in [-0.3, -0.25) is 9.78 Å². The average Bonchev–Trinajstić information content (AvgIpc) is 2.62. The van der Waals surface area contributed by atoms with Crippen LogP contribution < -0.4 is 10.2 Å². The summed E-state index contributed by atoms with van der Waals surface area (Å²) in [5.41, 5.74) is 2.66. The van der Waals surface area contributed by atoms with Gasteiger partial charge in [0.2, 0.25) is 5.91 Å². The summed E-state index contributed by atoms with van der Waals surface area (Å²) in [5.74, 6) is 0.816. The number of rotatable bonds is 4. The van der Waals surface area contributed by atoms with Crippen molar-refractivity contribution < 1.29 is 4.79 Å². The van der Waals surface area contributed by atoms with E-state index in [0.717, 1.165) is 22.8 Å². The summed E-state index contributed by atoms with van der Waals surface area (Å²) in [4.78, 5) is 27.0. The molecule has 0 spiro atoms. The Labute approximate surface area is 145 Å². The van der Waals surface area contributed by atoms with Gasteiger partial charge < -0.3 is 10.2 Å². The number of pyridine rings is 1. The largest absolute Gasteiger partial charge is 0.355 e. The monoisotopic (exact) mass is 331 g/mol. The highest BCUT2D eigenvalue weighted by Gasteiger charge is 2.33. The molecule has 0 radical (unpaired) electrons. The topological polar surface area (TPSA) is 71.0 Å². The molecule has 2 aromatic heterocycles. The smallest absolute Gasteiger partial charge is 0.231 e. The number of hydrogen-bond acceptors (Lipinski definition) is 5. The standard InChI is InChI=1S/C19H17N5O/c25-19(23-16-7-4-8-20-10-16)15-11-24(12-15)18-9-17(21-13-22-18)14-5-2-1-3-6-14/h1-10,13,15H,11-12H2,(H,23,25). The maximum absolute atomic E-state index is 12.3. The molecule has 1 amide bonds. The quantitative estimate of drug-likeness (QED) is 0.796. The number of amides is 1. The highest BCUT2D eigenvalue weighted by Crippen LogP contribution is 2.26. The zero-order chi connectivity index (χ0) is 17.1. The Bertz CT molecular complexity index is 863. The lowest BCUT2D eigenvalue weighted by molar-refractivity contribution is -0.120. The maximum Gasteiger partial charge on any atom is 0.231 e. The molecule has 3 heterocycles. The molecule has 3 aromatic rings. The van der Waals surface area contributed by atoms with Crippen LogP contribution in [0.2, 0.25) is 0 Å². The second-order valence-corrected chi connectivity index (χ2v) is 5.96. The highest BCUT2D eigenvalue weighted by molar-refractivity contribution is 5.94. The van der Waals surface area contributed by atoms with Gasteiger partial charge in [-0.05, 0) is 12.1 Å². The van der Waals surface area contributed by atoms with E-state index < -0.39 is 0 Å². The molecule has 1 aromatic carbocycles. The fourth-order valence-electron chi connectivity index (χ4n) is 2.80. The molecule has 0 aliphatic carbocycles. The number of aromatic nitrogens is 3. The second-order valence-electron chi connectivity index (χ2n) is 5.96. The van der Waals surface area contributed by atoms with Crippen LogP contribution in [0.3, 0.4) is 0 Å². The van der Waals surface area contributed by atoms with Crippen molar-refractivity contribution in [3.63, 3.8) is 0 Å². The Morgan fingerprint density at radius 3 is 2.68 bits per heavy atom. The number of hydrogen-bond donors (Lipinski definition) is 1. The molecule has 6 heteroatoms. The van der Waals surface area contributed by atoms with Crippen LogP contribution in [-0.4, -0.2) is 33.9 Å². The van der Waals surface area contributed by atoms with E-state index >= 15 is 0 Å². The predicted molar refractivity (Wildman–Crippen MR) is 96.0 cm³/mol. The summed E-state index contributed by atoms with van der Waals surface area (Å²) in [6.07, 6.45) is 4.89. The third kappa shape index (κ3) is 3.33.